The highest BCUT2D eigenvalue weighted by Gasteiger charge is 2.20. The number of hydrogen-bond donors (Lipinski definition) is 1. The number of benzene rings is 3. The Labute approximate surface area is 252 Å². The number of imidazole rings is 1. The summed E-state index contributed by atoms with van der Waals surface area (Å²) in [5, 5.41) is 6.05. The number of nitrogens with one attached hydrogen (secondary N) is 1. The van der Waals surface area contributed by atoms with Crippen molar-refractivity contribution in [1.82, 2.24) is 19.4 Å². The van der Waals surface area contributed by atoms with Crippen LogP contribution in [0.25, 0.3) is 21.8 Å². The predicted molar refractivity (Wildman–Crippen MR) is 177 cm³/mol. The predicted octanol–water partition coefficient (Wildman–Crippen LogP) is 8.34. The monoisotopic (exact) mass is 567 g/mol. The third-order valence-corrected chi connectivity index (χ3v) is 8.55. The van der Waals surface area contributed by atoms with Crippen LogP contribution in [0.1, 0.15) is 76.6 Å². The summed E-state index contributed by atoms with van der Waals surface area (Å²) in [4.78, 5) is 23.5. The molecular formula is C36H49N5O. The molecule has 3 aromatic carbocycles. The van der Waals surface area contributed by atoms with Crippen molar-refractivity contribution in [3.05, 3.63) is 66.2 Å². The van der Waals surface area contributed by atoms with E-state index in [1.54, 1.807) is 0 Å². The third kappa shape index (κ3) is 7.71. The van der Waals surface area contributed by atoms with Gasteiger partial charge in [-0.3, -0.25) is 4.79 Å². The lowest BCUT2D eigenvalue weighted by Gasteiger charge is -2.26. The number of aryl methyl sites for hydroxylation is 1. The van der Waals surface area contributed by atoms with Crippen LogP contribution in [-0.4, -0.2) is 58.0 Å². The Morgan fingerprint density at radius 3 is 2.29 bits per heavy atom. The van der Waals surface area contributed by atoms with Crippen molar-refractivity contribution in [2.45, 2.75) is 72.8 Å². The maximum absolute atomic E-state index is 13.8. The molecule has 2 heterocycles. The van der Waals surface area contributed by atoms with Crippen LogP contribution in [0.3, 0.4) is 0 Å². The Bertz CT molecular complexity index is 1450. The molecule has 1 N–H and O–H groups in total. The minimum absolute atomic E-state index is 0.128. The van der Waals surface area contributed by atoms with Gasteiger partial charge in [-0.25, -0.2) is 4.98 Å². The molecule has 0 aliphatic carbocycles. The number of carbonyl (C=O) groups is 1. The van der Waals surface area contributed by atoms with Crippen molar-refractivity contribution >= 4 is 39.3 Å². The molecule has 6 nitrogen and oxygen atoms in total. The van der Waals surface area contributed by atoms with Gasteiger partial charge in [0.05, 0.1) is 11.0 Å². The lowest BCUT2D eigenvalue weighted by atomic mass is 10.1. The lowest BCUT2D eigenvalue weighted by molar-refractivity contribution is 0.0741. The molecule has 0 radical (unpaired) electrons. The molecule has 1 amide bonds. The summed E-state index contributed by atoms with van der Waals surface area (Å²) in [6, 6.07) is 21.0. The Balaban J connectivity index is 1.44. The van der Waals surface area contributed by atoms with E-state index in [0.29, 0.717) is 11.8 Å². The number of nitrogens with zero attached hydrogens (tertiary/aromatic N) is 4. The Kier molecular flexibility index (Phi) is 10.2. The van der Waals surface area contributed by atoms with Crippen LogP contribution in [0.15, 0.2) is 60.7 Å². The molecule has 4 aromatic rings. The van der Waals surface area contributed by atoms with Gasteiger partial charge in [0.15, 0.2) is 0 Å². The van der Waals surface area contributed by atoms with Gasteiger partial charge >= 0.3 is 0 Å². The average Bonchev–Trinajstić information content (AvgIpc) is 3.33. The summed E-state index contributed by atoms with van der Waals surface area (Å²) in [7, 11) is 0. The molecule has 0 atom stereocenters. The first-order valence-electron chi connectivity index (χ1n) is 16.1. The van der Waals surface area contributed by atoms with Gasteiger partial charge < -0.3 is 19.7 Å². The summed E-state index contributed by atoms with van der Waals surface area (Å²) in [6.45, 7) is 14.8. The fourth-order valence-electron chi connectivity index (χ4n) is 5.93. The molecule has 42 heavy (non-hydrogen) atoms. The van der Waals surface area contributed by atoms with E-state index >= 15 is 0 Å². The maximum Gasteiger partial charge on any atom is 0.253 e. The normalized spacial score (nSPS) is 14.3. The summed E-state index contributed by atoms with van der Waals surface area (Å²) < 4.78 is 2.29. The molecule has 1 aliphatic heterocycles. The number of piperidine rings is 1. The van der Waals surface area contributed by atoms with Crippen LogP contribution in [0.5, 0.6) is 0 Å². The van der Waals surface area contributed by atoms with Gasteiger partial charge in [0, 0.05) is 30.9 Å². The number of amides is 1. The first kappa shape index (κ1) is 30.1. The highest BCUT2D eigenvalue weighted by atomic mass is 16.2. The van der Waals surface area contributed by atoms with Crippen molar-refractivity contribution in [3.8, 4) is 0 Å². The van der Waals surface area contributed by atoms with Gasteiger partial charge in [-0.15, -0.1) is 0 Å². The van der Waals surface area contributed by atoms with Gasteiger partial charge in [-0.1, -0.05) is 64.4 Å². The van der Waals surface area contributed by atoms with Gasteiger partial charge in [-0.2, -0.15) is 0 Å². The second kappa shape index (κ2) is 14.2. The number of aromatic nitrogens is 2. The zero-order chi connectivity index (χ0) is 29.5. The SMILES string of the molecule is CC(C)CCN(CCC(C)C)C(=O)c1ccc2nc(Nc3ccc4ccccc4c3)n(CCCN3CCCCC3)c2c1. The molecule has 1 fully saturated rings. The molecule has 0 spiro atoms. The van der Waals surface area contributed by atoms with Crippen LogP contribution in [0.2, 0.25) is 0 Å². The fourth-order valence-corrected chi connectivity index (χ4v) is 5.93. The summed E-state index contributed by atoms with van der Waals surface area (Å²) in [6.07, 6.45) is 7.03. The van der Waals surface area contributed by atoms with Crippen LogP contribution in [-0.2, 0) is 6.54 Å². The summed E-state index contributed by atoms with van der Waals surface area (Å²) in [5.74, 6) is 2.09. The van der Waals surface area contributed by atoms with Crippen LogP contribution in [0.4, 0.5) is 11.6 Å². The lowest BCUT2D eigenvalue weighted by Crippen LogP contribution is -2.34. The van der Waals surface area contributed by atoms with Gasteiger partial charge in [-0.05, 0) is 105 Å². The minimum Gasteiger partial charge on any atom is -0.339 e. The molecular weight excluding hydrogens is 518 g/mol. The zero-order valence-electron chi connectivity index (χ0n) is 26.1. The van der Waals surface area contributed by atoms with Crippen molar-refractivity contribution in [3.63, 3.8) is 0 Å². The van der Waals surface area contributed by atoms with Crippen molar-refractivity contribution in [1.29, 1.82) is 0 Å². The Hall–Kier alpha value is -3.38. The van der Waals surface area contributed by atoms with E-state index in [1.165, 1.54) is 43.1 Å². The summed E-state index contributed by atoms with van der Waals surface area (Å²) in [5.41, 5.74) is 3.72. The molecule has 1 aliphatic rings. The van der Waals surface area contributed by atoms with Crippen LogP contribution in [0, 0.1) is 11.8 Å². The number of anilines is 2. The third-order valence-electron chi connectivity index (χ3n) is 8.55. The van der Waals surface area contributed by atoms with Gasteiger partial charge in [0.1, 0.15) is 0 Å². The number of carbonyl (C=O) groups excluding carboxylic acids is 1. The molecule has 0 bridgehead atoms. The van der Waals surface area contributed by atoms with Crippen LogP contribution >= 0.6 is 0 Å². The first-order valence-corrected chi connectivity index (χ1v) is 16.1. The highest BCUT2D eigenvalue weighted by Crippen LogP contribution is 2.27. The van der Waals surface area contributed by atoms with Gasteiger partial charge in [0.2, 0.25) is 5.95 Å². The number of hydrogen-bond acceptors (Lipinski definition) is 4. The van der Waals surface area contributed by atoms with Crippen LogP contribution < -0.4 is 5.32 Å². The van der Waals surface area contributed by atoms with E-state index < -0.39 is 0 Å². The molecule has 0 saturated carbocycles. The van der Waals surface area contributed by atoms with Crippen molar-refractivity contribution < 1.29 is 4.79 Å². The minimum atomic E-state index is 0.128. The van der Waals surface area contributed by atoms with E-state index in [4.69, 9.17) is 4.98 Å². The fraction of sp³-hybridized carbons (Fsp3) is 0.500. The van der Waals surface area contributed by atoms with E-state index in [9.17, 15) is 4.79 Å². The maximum atomic E-state index is 13.8. The van der Waals surface area contributed by atoms with Crippen molar-refractivity contribution in [2.75, 3.05) is 38.0 Å². The largest absolute Gasteiger partial charge is 0.339 e. The van der Waals surface area contributed by atoms with E-state index in [1.807, 2.05) is 12.1 Å². The van der Waals surface area contributed by atoms with Crippen molar-refractivity contribution in [2.24, 2.45) is 11.8 Å². The number of likely N-dealkylation sites (tertiary alicyclic amines) is 1. The molecule has 1 saturated heterocycles. The topological polar surface area (TPSA) is 53.4 Å². The molecule has 6 heteroatoms. The standard InChI is InChI=1S/C36H49N5O/c1-27(2)17-23-40(24-18-28(3)4)35(42)31-14-16-33-34(26-31)41(22-10-21-39-19-8-5-9-20-39)36(38-33)37-32-15-13-29-11-6-7-12-30(29)25-32/h6-7,11-16,25-28H,5,8-10,17-24H2,1-4H3,(H,37,38). The average molecular weight is 568 g/mol. The molecule has 224 valence electrons. The number of fused-ring (bicyclic) bond motifs is 2. The summed E-state index contributed by atoms with van der Waals surface area (Å²) >= 11 is 0. The zero-order valence-corrected chi connectivity index (χ0v) is 26.1. The number of rotatable bonds is 13. The second-order valence-corrected chi connectivity index (χ2v) is 12.9. The molecule has 0 unspecified atom stereocenters. The smallest absolute Gasteiger partial charge is 0.253 e. The first-order chi connectivity index (χ1) is 20.4. The quantitative estimate of drug-likeness (QED) is 0.176. The van der Waals surface area contributed by atoms with Gasteiger partial charge in [0.25, 0.3) is 5.91 Å². The Morgan fingerprint density at radius 2 is 1.57 bits per heavy atom. The highest BCUT2D eigenvalue weighted by molar-refractivity contribution is 5.98. The van der Waals surface area contributed by atoms with E-state index in [2.05, 4.69) is 95.9 Å². The van der Waals surface area contributed by atoms with E-state index in [0.717, 1.165) is 73.7 Å². The molecule has 1 aromatic heterocycles. The van der Waals surface area contributed by atoms with E-state index in [-0.39, 0.29) is 5.91 Å². The second-order valence-electron chi connectivity index (χ2n) is 12.9. The molecule has 5 rings (SSSR count). The Morgan fingerprint density at radius 1 is 0.857 bits per heavy atom.